The Labute approximate surface area is 276 Å². The monoisotopic (exact) mass is 638 g/mol. The van der Waals surface area contributed by atoms with E-state index in [9.17, 15) is 10.3 Å². The molecule has 3 aliphatic rings. The highest BCUT2D eigenvalue weighted by molar-refractivity contribution is 5.77. The number of phenols is 1. The highest BCUT2D eigenvalue weighted by Gasteiger charge is 2.40. The van der Waals surface area contributed by atoms with Gasteiger partial charge in [0.15, 0.2) is 23.0 Å². The first kappa shape index (κ1) is 31.2. The molecule has 6 bridgehead atoms. The number of nitrogens with zero attached hydrogens (tertiary/aromatic N) is 2. The van der Waals surface area contributed by atoms with Crippen LogP contribution in [-0.2, 0) is 25.7 Å². The summed E-state index contributed by atoms with van der Waals surface area (Å²) in [7, 11) is 10.4. The largest absolute Gasteiger partial charge is 0.633 e. The summed E-state index contributed by atoms with van der Waals surface area (Å²) in [5.74, 6) is 3.44. The molecule has 47 heavy (non-hydrogen) atoms. The third-order valence-electron chi connectivity index (χ3n) is 10.3. The zero-order chi connectivity index (χ0) is 33.0. The van der Waals surface area contributed by atoms with E-state index in [0.29, 0.717) is 59.4 Å². The lowest BCUT2D eigenvalue weighted by molar-refractivity contribution is -0.894. The number of rotatable bonds is 4. The first-order valence-electron chi connectivity index (χ1n) is 16.1. The minimum atomic E-state index is -0.533. The van der Waals surface area contributed by atoms with E-state index in [4.69, 9.17) is 23.7 Å². The summed E-state index contributed by atoms with van der Waals surface area (Å²) in [4.78, 5) is 2.37. The molecular weight excluding hydrogens is 596 g/mol. The van der Waals surface area contributed by atoms with E-state index in [-0.39, 0.29) is 11.8 Å². The lowest BCUT2D eigenvalue weighted by atomic mass is 9.85. The van der Waals surface area contributed by atoms with Crippen molar-refractivity contribution < 1.29 is 33.4 Å². The highest BCUT2D eigenvalue weighted by Crippen LogP contribution is 2.53. The molecule has 0 unspecified atom stereocenters. The highest BCUT2D eigenvalue weighted by atomic mass is 16.6. The predicted molar refractivity (Wildman–Crippen MR) is 180 cm³/mol. The number of ether oxygens (including phenoxy) is 5. The lowest BCUT2D eigenvalue weighted by Gasteiger charge is -2.49. The van der Waals surface area contributed by atoms with Crippen LogP contribution in [0, 0.1) is 5.21 Å². The first-order valence-corrected chi connectivity index (χ1v) is 16.1. The van der Waals surface area contributed by atoms with Gasteiger partial charge in [0.1, 0.15) is 17.5 Å². The van der Waals surface area contributed by atoms with Gasteiger partial charge in [-0.2, -0.15) is 0 Å². The molecule has 9 nitrogen and oxygen atoms in total. The molecule has 0 spiro atoms. The third-order valence-corrected chi connectivity index (χ3v) is 10.3. The number of quaternary nitrogens is 1. The Kier molecular flexibility index (Phi) is 7.94. The van der Waals surface area contributed by atoms with Gasteiger partial charge >= 0.3 is 0 Å². The van der Waals surface area contributed by atoms with Gasteiger partial charge in [-0.05, 0) is 90.2 Å². The number of methoxy groups -OCH3 is 4. The van der Waals surface area contributed by atoms with Crippen molar-refractivity contribution in [1.82, 2.24) is 4.90 Å². The zero-order valence-corrected chi connectivity index (χ0v) is 27.9. The van der Waals surface area contributed by atoms with E-state index in [1.165, 1.54) is 5.56 Å². The van der Waals surface area contributed by atoms with Crippen molar-refractivity contribution in [2.24, 2.45) is 0 Å². The van der Waals surface area contributed by atoms with Crippen LogP contribution >= 0.6 is 0 Å². The Morgan fingerprint density at radius 2 is 1.51 bits per heavy atom. The van der Waals surface area contributed by atoms with Crippen LogP contribution in [-0.4, -0.2) is 70.3 Å². The zero-order valence-electron chi connectivity index (χ0n) is 27.9. The van der Waals surface area contributed by atoms with E-state index in [2.05, 4.69) is 36.2 Å². The van der Waals surface area contributed by atoms with Crippen molar-refractivity contribution in [1.29, 1.82) is 0 Å². The molecule has 0 saturated carbocycles. The predicted octanol–water partition coefficient (Wildman–Crippen LogP) is 6.76. The summed E-state index contributed by atoms with van der Waals surface area (Å²) in [5, 5.41) is 25.6. The van der Waals surface area contributed by atoms with Crippen LogP contribution in [0.4, 0.5) is 0 Å². The van der Waals surface area contributed by atoms with Crippen LogP contribution in [0.1, 0.15) is 45.5 Å². The molecule has 0 radical (unpaired) electrons. The lowest BCUT2D eigenvalue weighted by Crippen LogP contribution is -2.47. The van der Waals surface area contributed by atoms with Crippen molar-refractivity contribution in [3.63, 3.8) is 0 Å². The Hall–Kier alpha value is -4.44. The van der Waals surface area contributed by atoms with Crippen molar-refractivity contribution in [3.8, 4) is 51.4 Å². The van der Waals surface area contributed by atoms with Gasteiger partial charge in [-0.3, -0.25) is 4.90 Å². The Balaban J connectivity index is 1.54. The molecule has 0 fully saturated rings. The summed E-state index contributed by atoms with van der Waals surface area (Å²) in [6, 6.07) is 17.4. The molecule has 4 aromatic carbocycles. The number of benzene rings is 4. The fourth-order valence-electron chi connectivity index (χ4n) is 7.68. The topological polar surface area (TPSA) is 92.7 Å². The van der Waals surface area contributed by atoms with E-state index < -0.39 is 10.7 Å². The third kappa shape index (κ3) is 5.32. The van der Waals surface area contributed by atoms with E-state index in [0.717, 1.165) is 52.8 Å². The summed E-state index contributed by atoms with van der Waals surface area (Å²) in [5.41, 5.74) is 7.63. The molecule has 9 heteroatoms. The SMILES string of the molecule is COc1cc2c3cc1Oc1c(OC)c(OC)cc4c1[C@@H](Cc1ccc(O)c(c1)-c1cc(ccc1OC)C[C@H]3N(C)CC2)[N@@+](C)([O-])CC4. The molecule has 3 atom stereocenters. The molecule has 1 N–H and O–H groups in total. The minimum Gasteiger partial charge on any atom is -0.633 e. The van der Waals surface area contributed by atoms with Gasteiger partial charge in [0.2, 0.25) is 5.75 Å². The van der Waals surface area contributed by atoms with Gasteiger partial charge in [-0.1, -0.05) is 12.1 Å². The van der Waals surface area contributed by atoms with Gasteiger partial charge in [0.05, 0.1) is 47.6 Å². The van der Waals surface area contributed by atoms with Crippen LogP contribution < -0.4 is 23.7 Å². The van der Waals surface area contributed by atoms with Crippen LogP contribution in [0.3, 0.4) is 0 Å². The van der Waals surface area contributed by atoms with Crippen molar-refractivity contribution in [2.45, 2.75) is 37.8 Å². The number of hydrogen-bond acceptors (Lipinski definition) is 8. The Morgan fingerprint density at radius 1 is 0.809 bits per heavy atom. The van der Waals surface area contributed by atoms with Crippen molar-refractivity contribution >= 4 is 0 Å². The summed E-state index contributed by atoms with van der Waals surface area (Å²) in [6.07, 6.45) is 2.57. The van der Waals surface area contributed by atoms with Gasteiger partial charge < -0.3 is 38.6 Å². The molecule has 0 aromatic heterocycles. The maximum atomic E-state index is 14.4. The van der Waals surface area contributed by atoms with Crippen LogP contribution in [0.5, 0.6) is 40.2 Å². The molecular formula is C38H42N2O7. The number of hydroxylamine groups is 3. The molecule has 7 rings (SSSR count). The number of likely N-dealkylation sites (N-methyl/N-ethyl adjacent to an activating group) is 2. The van der Waals surface area contributed by atoms with Gasteiger partial charge in [-0.15, -0.1) is 0 Å². The van der Waals surface area contributed by atoms with Crippen LogP contribution in [0.2, 0.25) is 0 Å². The molecule has 3 aliphatic heterocycles. The van der Waals surface area contributed by atoms with Gasteiger partial charge in [-0.25, -0.2) is 0 Å². The molecule has 0 aliphatic carbocycles. The Morgan fingerprint density at radius 3 is 2.26 bits per heavy atom. The van der Waals surface area contributed by atoms with Crippen LogP contribution in [0.15, 0.2) is 54.6 Å². The quantitative estimate of drug-likeness (QED) is 0.194. The maximum absolute atomic E-state index is 14.4. The van der Waals surface area contributed by atoms with Gasteiger partial charge in [0.25, 0.3) is 0 Å². The van der Waals surface area contributed by atoms with Crippen LogP contribution in [0.25, 0.3) is 11.1 Å². The van der Waals surface area contributed by atoms with Crippen molar-refractivity contribution in [3.05, 3.63) is 93.2 Å². The number of aromatic hydroxyl groups is 1. The minimum absolute atomic E-state index is 0.0524. The summed E-state index contributed by atoms with van der Waals surface area (Å²) < 4.78 is 30.0. The smallest absolute Gasteiger partial charge is 0.204 e. The average Bonchev–Trinajstić information content (AvgIpc) is 3.07. The maximum Gasteiger partial charge on any atom is 0.204 e. The summed E-state index contributed by atoms with van der Waals surface area (Å²) >= 11 is 0. The molecule has 0 saturated heterocycles. The second kappa shape index (κ2) is 12.0. The fourth-order valence-corrected chi connectivity index (χ4v) is 7.68. The van der Waals surface area contributed by atoms with Crippen molar-refractivity contribution in [2.75, 3.05) is 55.6 Å². The van der Waals surface area contributed by atoms with E-state index in [1.54, 1.807) is 41.6 Å². The second-order valence-corrected chi connectivity index (χ2v) is 13.0. The second-order valence-electron chi connectivity index (χ2n) is 13.0. The molecule has 4 aromatic rings. The number of fused-ring (bicyclic) bond motifs is 6. The van der Waals surface area contributed by atoms with Gasteiger partial charge in [0, 0.05) is 36.6 Å². The molecule has 246 valence electrons. The fraction of sp³-hybridized carbons (Fsp3) is 0.368. The normalized spacial score (nSPS) is 21.7. The summed E-state index contributed by atoms with van der Waals surface area (Å²) in [6.45, 7) is 1.29. The van der Waals surface area contributed by atoms with E-state index >= 15 is 0 Å². The van der Waals surface area contributed by atoms with E-state index in [1.807, 2.05) is 24.3 Å². The standard InChI is InChI=1S/C38H42N2O7/c1-39-13-11-24-19-33(44-4)34-21-26(24)29(39)17-22-8-10-32(43-3)28(16-22)27-15-23(7-9-31(27)41)18-30-36-25(12-14-40(30,2)42)20-35(45-5)37(46-6)38(36)47-34/h7-10,15-16,19-21,29-30,41H,11-14,17-18H2,1-6H3/t29-,30-,40+/m1/s1. The molecule has 0 amide bonds. The average molecular weight is 639 g/mol. The molecule has 3 heterocycles. The first-order chi connectivity index (χ1) is 22.6. The Bertz CT molecular complexity index is 1850. The number of phenolic OH excluding ortho intramolecular Hbond substituents is 1. The number of hydrogen-bond donors (Lipinski definition) is 1.